The zero-order chi connectivity index (χ0) is 37.7. The van der Waals surface area contributed by atoms with Gasteiger partial charge in [0.2, 0.25) is 0 Å². The van der Waals surface area contributed by atoms with Crippen LogP contribution in [-0.2, 0) is 0 Å². The number of hydrogen-bond donors (Lipinski definition) is 0. The first-order valence-electron chi connectivity index (χ1n) is 19.2. The molecule has 11 aromatic rings. The minimum Gasteiger partial charge on any atom is -0.208 e. The van der Waals surface area contributed by atoms with Crippen LogP contribution in [0.4, 0.5) is 0 Å². The van der Waals surface area contributed by atoms with Crippen LogP contribution < -0.4 is 0 Å². The molecule has 0 atom stereocenters. The van der Waals surface area contributed by atoms with E-state index >= 15 is 0 Å². The number of fused-ring (bicyclic) bond motifs is 5. The van der Waals surface area contributed by atoms with E-state index in [4.69, 9.17) is 15.0 Å². The molecule has 4 heteroatoms. The topological polar surface area (TPSA) is 38.7 Å². The minimum atomic E-state index is 0.641. The molecule has 0 bridgehead atoms. The lowest BCUT2D eigenvalue weighted by Gasteiger charge is -2.12. The SMILES string of the molecule is c1ccc(-c2ccc(-c3ccc4cccc(-c5nc(-c6ccc(-c7cccc8ccccc78)cc6)nc(-c6cccc7c6sc6ccccc67)n5)c4c3)cc2)cc1. The summed E-state index contributed by atoms with van der Waals surface area (Å²) in [7, 11) is 0. The average molecular weight is 744 g/mol. The molecule has 0 fully saturated rings. The monoisotopic (exact) mass is 743 g/mol. The van der Waals surface area contributed by atoms with Gasteiger partial charge in [-0.3, -0.25) is 0 Å². The smallest absolute Gasteiger partial charge is 0.165 e. The van der Waals surface area contributed by atoms with E-state index < -0.39 is 0 Å². The summed E-state index contributed by atoms with van der Waals surface area (Å²) in [5, 5.41) is 7.14. The summed E-state index contributed by atoms with van der Waals surface area (Å²) in [4.78, 5) is 15.8. The number of rotatable bonds is 6. The number of hydrogen-bond acceptors (Lipinski definition) is 4. The third-order valence-electron chi connectivity index (χ3n) is 11.0. The van der Waals surface area contributed by atoms with Crippen molar-refractivity contribution in [2.24, 2.45) is 0 Å². The molecule has 3 nitrogen and oxygen atoms in total. The first-order valence-corrected chi connectivity index (χ1v) is 20.0. The molecule has 2 heterocycles. The van der Waals surface area contributed by atoms with Crippen LogP contribution in [0.3, 0.4) is 0 Å². The van der Waals surface area contributed by atoms with Gasteiger partial charge in [-0.1, -0.05) is 182 Å². The summed E-state index contributed by atoms with van der Waals surface area (Å²) >= 11 is 1.79. The normalized spacial score (nSPS) is 11.5. The molecule has 0 spiro atoms. The van der Waals surface area contributed by atoms with Gasteiger partial charge in [0.05, 0.1) is 0 Å². The molecule has 0 unspecified atom stereocenters. The van der Waals surface area contributed by atoms with Gasteiger partial charge in [0.1, 0.15) is 0 Å². The average Bonchev–Trinajstić information content (AvgIpc) is 3.68. The van der Waals surface area contributed by atoms with Crippen LogP contribution in [0.15, 0.2) is 200 Å². The molecule has 2 aromatic heterocycles. The molecule has 0 saturated heterocycles. The van der Waals surface area contributed by atoms with Crippen molar-refractivity contribution in [2.45, 2.75) is 0 Å². The fourth-order valence-electron chi connectivity index (χ4n) is 8.08. The van der Waals surface area contributed by atoms with Gasteiger partial charge in [0.15, 0.2) is 17.5 Å². The number of nitrogens with zero attached hydrogens (tertiary/aromatic N) is 3. The van der Waals surface area contributed by atoms with E-state index in [9.17, 15) is 0 Å². The van der Waals surface area contributed by atoms with Crippen LogP contribution in [0, 0.1) is 0 Å². The second-order valence-electron chi connectivity index (χ2n) is 14.4. The van der Waals surface area contributed by atoms with Gasteiger partial charge in [-0.05, 0) is 73.1 Å². The lowest BCUT2D eigenvalue weighted by atomic mass is 9.96. The fraction of sp³-hybridized carbons (Fsp3) is 0. The summed E-state index contributed by atoms with van der Waals surface area (Å²) in [6.07, 6.45) is 0. The van der Waals surface area contributed by atoms with Crippen molar-refractivity contribution >= 4 is 53.1 Å². The molecule has 0 saturated carbocycles. The van der Waals surface area contributed by atoms with Crippen LogP contribution in [0.2, 0.25) is 0 Å². The standard InChI is InChI=1S/C53H33N3S/c1-2-11-34(12-3-1)35-23-25-36(26-24-35)41-32-29-38-15-9-20-46(48(38)33-41)52-54-51(40-30-27-39(28-31-40)43-18-8-14-37-13-4-5-16-42(37)43)55-53(56-52)47-21-10-19-45-44-17-6-7-22-49(44)57-50(45)47/h1-33H. The van der Waals surface area contributed by atoms with E-state index in [2.05, 4.69) is 200 Å². The molecule has 9 aromatic carbocycles. The zero-order valence-corrected chi connectivity index (χ0v) is 31.6. The molecule has 0 aliphatic rings. The Labute approximate surface area is 334 Å². The molecule has 266 valence electrons. The lowest BCUT2D eigenvalue weighted by Crippen LogP contribution is -2.01. The third-order valence-corrected chi connectivity index (χ3v) is 12.2. The largest absolute Gasteiger partial charge is 0.208 e. The van der Waals surface area contributed by atoms with E-state index in [1.54, 1.807) is 11.3 Å². The highest BCUT2D eigenvalue weighted by Crippen LogP contribution is 2.40. The van der Waals surface area contributed by atoms with Crippen molar-refractivity contribution in [1.29, 1.82) is 0 Å². The molecule has 0 amide bonds. The molecule has 0 aliphatic carbocycles. The van der Waals surface area contributed by atoms with Crippen molar-refractivity contribution in [1.82, 2.24) is 15.0 Å². The number of aromatic nitrogens is 3. The van der Waals surface area contributed by atoms with Gasteiger partial charge >= 0.3 is 0 Å². The maximum atomic E-state index is 5.30. The van der Waals surface area contributed by atoms with Crippen molar-refractivity contribution in [3.8, 4) is 67.5 Å². The predicted octanol–water partition coefficient (Wildman–Crippen LogP) is 14.5. The van der Waals surface area contributed by atoms with Gasteiger partial charge in [-0.25, -0.2) is 15.0 Å². The molecule has 11 rings (SSSR count). The van der Waals surface area contributed by atoms with Crippen LogP contribution in [-0.4, -0.2) is 15.0 Å². The fourth-order valence-corrected chi connectivity index (χ4v) is 9.29. The van der Waals surface area contributed by atoms with Gasteiger partial charge in [-0.15, -0.1) is 11.3 Å². The Hall–Kier alpha value is -7.27. The highest BCUT2D eigenvalue weighted by molar-refractivity contribution is 7.26. The number of thiophene rings is 1. The van der Waals surface area contributed by atoms with E-state index in [0.29, 0.717) is 17.5 Å². The lowest BCUT2D eigenvalue weighted by molar-refractivity contribution is 1.08. The first-order chi connectivity index (χ1) is 28.2. The van der Waals surface area contributed by atoms with Gasteiger partial charge in [-0.2, -0.15) is 0 Å². The van der Waals surface area contributed by atoms with Crippen molar-refractivity contribution < 1.29 is 0 Å². The summed E-state index contributed by atoms with van der Waals surface area (Å²) < 4.78 is 2.42. The Kier molecular flexibility index (Phi) is 8.01. The van der Waals surface area contributed by atoms with Crippen LogP contribution in [0.25, 0.3) is 109 Å². The van der Waals surface area contributed by atoms with Crippen LogP contribution in [0.1, 0.15) is 0 Å². The Balaban J connectivity index is 1.07. The Morgan fingerprint density at radius 2 is 0.789 bits per heavy atom. The maximum Gasteiger partial charge on any atom is 0.165 e. The van der Waals surface area contributed by atoms with E-state index in [1.807, 2.05) is 0 Å². The van der Waals surface area contributed by atoms with Crippen molar-refractivity contribution in [3.05, 3.63) is 200 Å². The molecular formula is C53H33N3S. The highest BCUT2D eigenvalue weighted by atomic mass is 32.1. The molecule has 57 heavy (non-hydrogen) atoms. The van der Waals surface area contributed by atoms with E-state index in [1.165, 1.54) is 47.6 Å². The second-order valence-corrected chi connectivity index (χ2v) is 15.4. The summed E-state index contributed by atoms with van der Waals surface area (Å²) in [5.41, 5.74) is 9.97. The molecule has 0 radical (unpaired) electrons. The highest BCUT2D eigenvalue weighted by Gasteiger charge is 2.18. The molecular weight excluding hydrogens is 711 g/mol. The Bertz CT molecular complexity index is 3270. The van der Waals surface area contributed by atoms with Gasteiger partial charge in [0.25, 0.3) is 0 Å². The van der Waals surface area contributed by atoms with Gasteiger partial charge in [0, 0.05) is 36.9 Å². The zero-order valence-electron chi connectivity index (χ0n) is 30.8. The number of benzene rings is 9. The van der Waals surface area contributed by atoms with Crippen LogP contribution >= 0.6 is 11.3 Å². The summed E-state index contributed by atoms with van der Waals surface area (Å²) in [5.74, 6) is 1.95. The summed E-state index contributed by atoms with van der Waals surface area (Å²) in [6.45, 7) is 0. The van der Waals surface area contributed by atoms with Crippen molar-refractivity contribution in [2.75, 3.05) is 0 Å². The van der Waals surface area contributed by atoms with Gasteiger partial charge < -0.3 is 0 Å². The molecule has 0 N–H and O–H groups in total. The van der Waals surface area contributed by atoms with E-state index in [0.717, 1.165) is 44.2 Å². The van der Waals surface area contributed by atoms with Crippen LogP contribution in [0.5, 0.6) is 0 Å². The maximum absolute atomic E-state index is 5.30. The first kappa shape index (κ1) is 33.1. The van der Waals surface area contributed by atoms with Crippen molar-refractivity contribution in [3.63, 3.8) is 0 Å². The molecule has 0 aliphatic heterocycles. The summed E-state index contributed by atoms with van der Waals surface area (Å²) in [6, 6.07) is 71.1. The van der Waals surface area contributed by atoms with E-state index in [-0.39, 0.29) is 0 Å². The third kappa shape index (κ3) is 5.95. The Morgan fingerprint density at radius 1 is 0.281 bits per heavy atom. The Morgan fingerprint density at radius 3 is 1.60 bits per heavy atom. The quantitative estimate of drug-likeness (QED) is 0.170. The predicted molar refractivity (Wildman–Crippen MR) is 240 cm³/mol. The minimum absolute atomic E-state index is 0.641. The second kappa shape index (κ2) is 13.8.